The lowest BCUT2D eigenvalue weighted by atomic mass is 9.94. The van der Waals surface area contributed by atoms with Crippen molar-refractivity contribution in [2.75, 3.05) is 37.8 Å². The molecule has 1 aromatic rings. The van der Waals surface area contributed by atoms with E-state index in [0.29, 0.717) is 18.8 Å². The van der Waals surface area contributed by atoms with Gasteiger partial charge < -0.3 is 29.7 Å². The lowest BCUT2D eigenvalue weighted by Gasteiger charge is -2.38. The van der Waals surface area contributed by atoms with Crippen LogP contribution < -0.4 is 10.6 Å². The number of hydrogen-bond donors (Lipinski definition) is 1. The van der Waals surface area contributed by atoms with Crippen LogP contribution in [0.1, 0.15) is 13.3 Å². The Kier molecular flexibility index (Phi) is 5.86. The molecular formula is C23H25F3N4O4. The lowest BCUT2D eigenvalue weighted by Crippen LogP contribution is -2.48. The average molecular weight is 478 g/mol. The number of nitrogens with two attached hydrogens (primary N) is 1. The Balaban J connectivity index is 1.52. The van der Waals surface area contributed by atoms with Crippen LogP contribution in [0.15, 0.2) is 46.6 Å². The van der Waals surface area contributed by atoms with Crippen molar-refractivity contribution in [3.05, 3.63) is 53.3 Å². The number of benzene rings is 1. The van der Waals surface area contributed by atoms with Gasteiger partial charge in [0.2, 0.25) is 5.79 Å². The average Bonchev–Trinajstić information content (AvgIpc) is 3.40. The topological polar surface area (TPSA) is 89.6 Å². The molecule has 5 rings (SSSR count). The Morgan fingerprint density at radius 2 is 2.09 bits per heavy atom. The summed E-state index contributed by atoms with van der Waals surface area (Å²) in [7, 11) is 0. The minimum atomic E-state index is -1.57. The third-order valence-electron chi connectivity index (χ3n) is 6.37. The number of rotatable bonds is 3. The van der Waals surface area contributed by atoms with Crippen molar-refractivity contribution in [1.82, 2.24) is 4.90 Å². The van der Waals surface area contributed by atoms with E-state index in [-0.39, 0.29) is 43.2 Å². The second-order valence-electron chi connectivity index (χ2n) is 8.55. The molecule has 2 fully saturated rings. The van der Waals surface area contributed by atoms with Gasteiger partial charge in [-0.05, 0) is 30.7 Å². The molecule has 11 heteroatoms. The quantitative estimate of drug-likeness (QED) is 0.525. The number of carbonyl (C=O) groups is 1. The number of hydrogen-bond acceptors (Lipinski definition) is 8. The monoisotopic (exact) mass is 478 g/mol. The molecule has 0 aliphatic carbocycles. The summed E-state index contributed by atoms with van der Waals surface area (Å²) in [5.41, 5.74) is 6.92. The number of alkyl halides is 1. The first-order chi connectivity index (χ1) is 16.3. The Morgan fingerprint density at radius 3 is 2.79 bits per heavy atom. The van der Waals surface area contributed by atoms with Crippen LogP contribution in [-0.4, -0.2) is 73.8 Å². The molecule has 0 radical (unpaired) electrons. The molecule has 182 valence electrons. The first-order valence-corrected chi connectivity index (χ1v) is 11.1. The highest BCUT2D eigenvalue weighted by atomic mass is 19.1. The number of esters is 1. The molecule has 3 atom stereocenters. The Bertz CT molecular complexity index is 1090. The molecule has 0 amide bonds. The molecule has 4 aliphatic heterocycles. The smallest absolute Gasteiger partial charge is 0.335 e. The summed E-state index contributed by atoms with van der Waals surface area (Å²) < 4.78 is 60.2. The predicted octanol–water partition coefficient (Wildman–Crippen LogP) is 2.01. The fourth-order valence-electron chi connectivity index (χ4n) is 4.79. The molecule has 8 nitrogen and oxygen atoms in total. The summed E-state index contributed by atoms with van der Waals surface area (Å²) in [6.07, 6.45) is 0.488. The van der Waals surface area contributed by atoms with E-state index in [0.717, 1.165) is 12.1 Å². The van der Waals surface area contributed by atoms with E-state index < -0.39 is 41.8 Å². The van der Waals surface area contributed by atoms with E-state index >= 15 is 4.39 Å². The van der Waals surface area contributed by atoms with Gasteiger partial charge in [-0.15, -0.1) is 0 Å². The minimum absolute atomic E-state index is 0.00346. The van der Waals surface area contributed by atoms with E-state index in [9.17, 15) is 13.6 Å². The number of amidine groups is 1. The summed E-state index contributed by atoms with van der Waals surface area (Å²) in [6.45, 7) is 3.10. The summed E-state index contributed by atoms with van der Waals surface area (Å²) >= 11 is 0. The van der Waals surface area contributed by atoms with Gasteiger partial charge in [0.1, 0.15) is 23.6 Å². The Morgan fingerprint density at radius 1 is 1.32 bits per heavy atom. The second-order valence-corrected chi connectivity index (χ2v) is 8.55. The highest BCUT2D eigenvalue weighted by molar-refractivity contribution is 5.93. The fraction of sp³-hybridized carbons (Fsp3) is 0.478. The standard InChI is InChI=1S/C23H25F3N4O4/c1-2-32-22(31)14-7-13-8-17(26)21(29-11-19(27)23(12-29)33-5-6-34-23)28-20(13)30(10-14)18-4-3-15(24)9-16(18)25/h3-4,8-10,17,19-20H,2,5-7,11-12,27H2,1H3. The predicted molar refractivity (Wildman–Crippen MR) is 117 cm³/mol. The van der Waals surface area contributed by atoms with Crippen molar-refractivity contribution < 1.29 is 32.2 Å². The Hall–Kier alpha value is -2.89. The summed E-state index contributed by atoms with van der Waals surface area (Å²) in [5, 5.41) is 0. The van der Waals surface area contributed by atoms with Crippen molar-refractivity contribution in [3.8, 4) is 0 Å². The van der Waals surface area contributed by atoms with Crippen LogP contribution in [0.2, 0.25) is 0 Å². The van der Waals surface area contributed by atoms with Crippen LogP contribution in [0.4, 0.5) is 18.9 Å². The van der Waals surface area contributed by atoms with Gasteiger partial charge >= 0.3 is 5.97 Å². The molecular weight excluding hydrogens is 453 g/mol. The van der Waals surface area contributed by atoms with E-state index in [4.69, 9.17) is 19.9 Å². The van der Waals surface area contributed by atoms with E-state index in [1.54, 1.807) is 11.8 Å². The molecule has 2 saturated heterocycles. The maximum atomic E-state index is 15.4. The van der Waals surface area contributed by atoms with Gasteiger partial charge in [-0.3, -0.25) is 0 Å². The SMILES string of the molecule is CCOC(=O)C1=CN(c2ccc(F)cc2F)C2N=C(N3CC(N)C4(C3)OCCO4)C(F)C=C2C1. The molecule has 0 saturated carbocycles. The summed E-state index contributed by atoms with van der Waals surface area (Å²) in [4.78, 5) is 20.1. The Labute approximate surface area is 194 Å². The van der Waals surface area contributed by atoms with Crippen LogP contribution in [-0.2, 0) is 19.0 Å². The number of ether oxygens (including phenoxy) is 3. The van der Waals surface area contributed by atoms with Crippen molar-refractivity contribution in [3.63, 3.8) is 0 Å². The molecule has 0 aromatic heterocycles. The first kappa shape index (κ1) is 22.9. The van der Waals surface area contributed by atoms with Gasteiger partial charge in [0.15, 0.2) is 6.17 Å². The van der Waals surface area contributed by atoms with Crippen LogP contribution in [0.25, 0.3) is 0 Å². The number of nitrogens with zero attached hydrogens (tertiary/aromatic N) is 3. The van der Waals surface area contributed by atoms with Crippen LogP contribution in [0.3, 0.4) is 0 Å². The molecule has 3 unspecified atom stereocenters. The molecule has 4 heterocycles. The number of dihydropyridines is 1. The normalized spacial score (nSPS) is 27.9. The fourth-order valence-corrected chi connectivity index (χ4v) is 4.79. The zero-order valence-corrected chi connectivity index (χ0v) is 18.5. The number of carbonyl (C=O) groups excluding carboxylic acids is 1. The largest absolute Gasteiger partial charge is 0.463 e. The molecule has 1 aromatic carbocycles. The van der Waals surface area contributed by atoms with Crippen LogP contribution in [0.5, 0.6) is 0 Å². The third-order valence-corrected chi connectivity index (χ3v) is 6.37. The van der Waals surface area contributed by atoms with E-state index in [1.807, 2.05) is 0 Å². The third kappa shape index (κ3) is 3.87. The van der Waals surface area contributed by atoms with Crippen LogP contribution >= 0.6 is 0 Å². The molecule has 1 spiro atoms. The molecule has 2 N–H and O–H groups in total. The van der Waals surface area contributed by atoms with E-state index in [2.05, 4.69) is 4.99 Å². The van der Waals surface area contributed by atoms with Gasteiger partial charge in [-0.2, -0.15) is 0 Å². The summed E-state index contributed by atoms with van der Waals surface area (Å²) in [6, 6.07) is 2.61. The maximum absolute atomic E-state index is 15.4. The van der Waals surface area contributed by atoms with Crippen molar-refractivity contribution in [1.29, 1.82) is 0 Å². The minimum Gasteiger partial charge on any atom is -0.463 e. The molecule has 4 aliphatic rings. The van der Waals surface area contributed by atoms with Crippen molar-refractivity contribution in [2.45, 2.75) is 37.5 Å². The zero-order valence-electron chi connectivity index (χ0n) is 18.5. The lowest BCUT2D eigenvalue weighted by molar-refractivity contribution is -0.152. The van der Waals surface area contributed by atoms with Crippen molar-refractivity contribution in [2.24, 2.45) is 10.7 Å². The highest BCUT2D eigenvalue weighted by Crippen LogP contribution is 2.38. The second kappa shape index (κ2) is 8.71. The summed E-state index contributed by atoms with van der Waals surface area (Å²) in [5.74, 6) is -3.08. The zero-order chi connectivity index (χ0) is 24.0. The number of fused-ring (bicyclic) bond motifs is 1. The maximum Gasteiger partial charge on any atom is 0.335 e. The van der Waals surface area contributed by atoms with Gasteiger partial charge in [0, 0.05) is 25.2 Å². The number of likely N-dealkylation sites (tertiary alicyclic amines) is 1. The van der Waals surface area contributed by atoms with Crippen molar-refractivity contribution >= 4 is 17.5 Å². The molecule has 34 heavy (non-hydrogen) atoms. The molecule has 0 bridgehead atoms. The van der Waals surface area contributed by atoms with Crippen LogP contribution in [0, 0.1) is 11.6 Å². The highest BCUT2D eigenvalue weighted by Gasteiger charge is 2.52. The number of anilines is 1. The first-order valence-electron chi connectivity index (χ1n) is 11.1. The van der Waals surface area contributed by atoms with Gasteiger partial charge in [0.25, 0.3) is 0 Å². The number of halogens is 3. The van der Waals surface area contributed by atoms with Gasteiger partial charge in [0.05, 0.1) is 43.7 Å². The number of aliphatic imine (C=N–C) groups is 1. The van der Waals surface area contributed by atoms with Gasteiger partial charge in [-0.25, -0.2) is 23.0 Å². The van der Waals surface area contributed by atoms with Gasteiger partial charge in [-0.1, -0.05) is 0 Å². The van der Waals surface area contributed by atoms with E-state index in [1.165, 1.54) is 23.2 Å².